The normalized spacial score (nSPS) is 10.9. The van der Waals surface area contributed by atoms with Gasteiger partial charge in [-0.2, -0.15) is 5.10 Å². The number of benzene rings is 2. The van der Waals surface area contributed by atoms with E-state index in [-0.39, 0.29) is 11.4 Å². The zero-order chi connectivity index (χ0) is 19.0. The van der Waals surface area contributed by atoms with Crippen LogP contribution in [0, 0.1) is 11.6 Å². The molecule has 0 aliphatic carbocycles. The topological polar surface area (TPSA) is 95.7 Å². The molecule has 0 saturated carbocycles. The number of methoxy groups -OCH3 is 1. The molecule has 2 aromatic carbocycles. The van der Waals surface area contributed by atoms with Gasteiger partial charge in [-0.1, -0.05) is 12.1 Å². The molecule has 9 heteroatoms. The molecule has 0 bridgehead atoms. The summed E-state index contributed by atoms with van der Waals surface area (Å²) in [5.74, 6) is -2.60. The summed E-state index contributed by atoms with van der Waals surface area (Å²) < 4.78 is 33.0. The first kappa shape index (κ1) is 16.7. The van der Waals surface area contributed by atoms with Gasteiger partial charge in [-0.15, -0.1) is 0 Å². The number of carbonyl (C=O) groups is 1. The van der Waals surface area contributed by atoms with E-state index in [9.17, 15) is 13.6 Å². The average Bonchev–Trinajstić information content (AvgIpc) is 3.26. The Bertz CT molecular complexity index is 1100. The van der Waals surface area contributed by atoms with Gasteiger partial charge in [-0.05, 0) is 12.1 Å². The van der Waals surface area contributed by atoms with Crippen LogP contribution in [0.15, 0.2) is 42.6 Å². The molecular weight excluding hydrogens is 356 g/mol. The molecule has 0 unspecified atom stereocenters. The fourth-order valence-electron chi connectivity index (χ4n) is 2.70. The van der Waals surface area contributed by atoms with Crippen LogP contribution < -0.4 is 10.1 Å². The Morgan fingerprint density at radius 2 is 1.93 bits per heavy atom. The maximum absolute atomic E-state index is 14.1. The first-order chi connectivity index (χ1) is 13.1. The number of nitrogens with zero attached hydrogens (tertiary/aromatic N) is 2. The quantitative estimate of drug-likeness (QED) is 0.513. The molecule has 0 fully saturated rings. The Kier molecular flexibility index (Phi) is 4.03. The van der Waals surface area contributed by atoms with Crippen LogP contribution in [0.3, 0.4) is 0 Å². The van der Waals surface area contributed by atoms with Crippen molar-refractivity contribution >= 4 is 22.6 Å². The molecule has 136 valence electrons. The largest absolute Gasteiger partial charge is 0.497 e. The van der Waals surface area contributed by atoms with Gasteiger partial charge in [0.15, 0.2) is 5.82 Å². The van der Waals surface area contributed by atoms with Gasteiger partial charge in [0.05, 0.1) is 30.0 Å². The van der Waals surface area contributed by atoms with Gasteiger partial charge in [0.25, 0.3) is 5.91 Å². The number of fused-ring (bicyclic) bond motifs is 1. The number of H-pyrrole nitrogens is 2. The van der Waals surface area contributed by atoms with Gasteiger partial charge in [0.2, 0.25) is 0 Å². The molecule has 0 aliphatic heterocycles. The van der Waals surface area contributed by atoms with Crippen LogP contribution in [-0.4, -0.2) is 33.2 Å². The second-order valence-electron chi connectivity index (χ2n) is 5.68. The Balaban J connectivity index is 1.67. The molecule has 0 radical (unpaired) electrons. The molecule has 0 saturated heterocycles. The summed E-state index contributed by atoms with van der Waals surface area (Å²) in [5, 5.41) is 9.06. The minimum atomic E-state index is -1.03. The smallest absolute Gasteiger partial charge is 0.261 e. The van der Waals surface area contributed by atoms with E-state index in [4.69, 9.17) is 4.74 Å². The third-order valence-electron chi connectivity index (χ3n) is 3.99. The van der Waals surface area contributed by atoms with Crippen molar-refractivity contribution in [2.24, 2.45) is 0 Å². The zero-order valence-electron chi connectivity index (χ0n) is 14.0. The van der Waals surface area contributed by atoms with Crippen molar-refractivity contribution < 1.29 is 18.3 Å². The average molecular weight is 369 g/mol. The minimum absolute atomic E-state index is 0.0205. The number of hydrogen-bond donors (Lipinski definition) is 3. The number of halogens is 2. The van der Waals surface area contributed by atoms with Crippen molar-refractivity contribution in [2.45, 2.75) is 0 Å². The predicted octanol–water partition coefficient (Wildman–Crippen LogP) is 3.49. The number of hydrogen-bond acceptors (Lipinski definition) is 4. The van der Waals surface area contributed by atoms with Gasteiger partial charge in [-0.25, -0.2) is 13.8 Å². The number of rotatable bonds is 4. The molecule has 0 spiro atoms. The second-order valence-corrected chi connectivity index (χ2v) is 5.68. The van der Waals surface area contributed by atoms with E-state index in [0.717, 1.165) is 23.2 Å². The molecule has 3 N–H and O–H groups in total. The van der Waals surface area contributed by atoms with E-state index in [1.807, 2.05) is 24.3 Å². The highest BCUT2D eigenvalue weighted by Gasteiger charge is 2.21. The highest BCUT2D eigenvalue weighted by atomic mass is 19.1. The lowest BCUT2D eigenvalue weighted by molar-refractivity contribution is 0.101. The first-order valence-corrected chi connectivity index (χ1v) is 7.89. The Labute approximate surface area is 151 Å². The van der Waals surface area contributed by atoms with Crippen molar-refractivity contribution in [3.63, 3.8) is 0 Å². The summed E-state index contributed by atoms with van der Waals surface area (Å²) in [7, 11) is 1.28. The van der Waals surface area contributed by atoms with Gasteiger partial charge >= 0.3 is 0 Å². The minimum Gasteiger partial charge on any atom is -0.497 e. The molecule has 4 rings (SSSR count). The van der Waals surface area contributed by atoms with E-state index in [1.54, 1.807) is 0 Å². The maximum Gasteiger partial charge on any atom is 0.261 e. The van der Waals surface area contributed by atoms with Crippen molar-refractivity contribution in [1.82, 2.24) is 20.2 Å². The van der Waals surface area contributed by atoms with Crippen LogP contribution in [-0.2, 0) is 0 Å². The molecule has 2 heterocycles. The fourth-order valence-corrected chi connectivity index (χ4v) is 2.70. The summed E-state index contributed by atoms with van der Waals surface area (Å²) in [6.45, 7) is 0. The number of imidazole rings is 1. The number of ether oxygens (including phenoxy) is 1. The summed E-state index contributed by atoms with van der Waals surface area (Å²) in [5.41, 5.74) is 1.42. The molecule has 7 nitrogen and oxygen atoms in total. The van der Waals surface area contributed by atoms with Crippen LogP contribution in [0.4, 0.5) is 14.5 Å². The number of anilines is 1. The summed E-state index contributed by atoms with van der Waals surface area (Å²) in [6, 6.07) is 9.25. The van der Waals surface area contributed by atoms with Crippen molar-refractivity contribution in [3.05, 3.63) is 59.8 Å². The summed E-state index contributed by atoms with van der Waals surface area (Å²) in [6.07, 6.45) is 1.33. The fraction of sp³-hybridized carbons (Fsp3) is 0.0556. The van der Waals surface area contributed by atoms with Crippen LogP contribution >= 0.6 is 0 Å². The molecule has 4 aromatic rings. The predicted molar refractivity (Wildman–Crippen MR) is 94.5 cm³/mol. The van der Waals surface area contributed by atoms with E-state index >= 15 is 0 Å². The number of amides is 1. The molecule has 27 heavy (non-hydrogen) atoms. The van der Waals surface area contributed by atoms with Gasteiger partial charge < -0.3 is 15.0 Å². The second kappa shape index (κ2) is 6.52. The summed E-state index contributed by atoms with van der Waals surface area (Å²) in [4.78, 5) is 19.9. The molecule has 0 atom stereocenters. The highest BCUT2D eigenvalue weighted by molar-refractivity contribution is 6.06. The Morgan fingerprint density at radius 1 is 1.19 bits per heavy atom. The van der Waals surface area contributed by atoms with E-state index < -0.39 is 23.1 Å². The Hall–Kier alpha value is -3.75. The van der Waals surface area contributed by atoms with Gasteiger partial charge in [0, 0.05) is 12.1 Å². The number of carbonyl (C=O) groups excluding carboxylic acids is 1. The number of para-hydroxylation sites is 2. The first-order valence-electron chi connectivity index (χ1n) is 7.89. The van der Waals surface area contributed by atoms with Crippen LogP contribution in [0.2, 0.25) is 0 Å². The number of nitrogens with one attached hydrogen (secondary N) is 3. The van der Waals surface area contributed by atoms with Crippen LogP contribution in [0.1, 0.15) is 10.4 Å². The number of aromatic amines is 2. The highest BCUT2D eigenvalue weighted by Crippen LogP contribution is 2.27. The van der Waals surface area contributed by atoms with Crippen LogP contribution in [0.5, 0.6) is 5.75 Å². The lowest BCUT2D eigenvalue weighted by atomic mass is 10.1. The SMILES string of the molecule is COc1cc(F)c(C(=O)Nc2cn[nH]c2-c2nc3ccccc3[nH]2)c(F)c1. The van der Waals surface area contributed by atoms with Gasteiger partial charge in [0.1, 0.15) is 28.6 Å². The van der Waals surface area contributed by atoms with Crippen molar-refractivity contribution in [3.8, 4) is 17.3 Å². The lowest BCUT2D eigenvalue weighted by Crippen LogP contribution is -2.16. The van der Waals surface area contributed by atoms with Gasteiger partial charge in [-0.3, -0.25) is 9.89 Å². The lowest BCUT2D eigenvalue weighted by Gasteiger charge is -2.08. The summed E-state index contributed by atoms with van der Waals surface area (Å²) >= 11 is 0. The standard InChI is InChI=1S/C18H13F2N5O2/c1-27-9-6-10(19)15(11(20)7-9)18(26)24-14-8-21-25-16(14)17-22-12-4-2-3-5-13(12)23-17/h2-8H,1H3,(H,21,25)(H,22,23)(H,24,26). The molecule has 0 aliphatic rings. The van der Waals surface area contributed by atoms with Crippen molar-refractivity contribution in [2.75, 3.05) is 12.4 Å². The molecule has 2 aromatic heterocycles. The third-order valence-corrected chi connectivity index (χ3v) is 3.99. The van der Waals surface area contributed by atoms with Crippen molar-refractivity contribution in [1.29, 1.82) is 0 Å². The monoisotopic (exact) mass is 369 g/mol. The Morgan fingerprint density at radius 3 is 2.63 bits per heavy atom. The van der Waals surface area contributed by atoms with E-state index in [2.05, 4.69) is 25.5 Å². The van der Waals surface area contributed by atoms with E-state index in [1.165, 1.54) is 13.3 Å². The van der Waals surface area contributed by atoms with Crippen LogP contribution in [0.25, 0.3) is 22.6 Å². The van der Waals surface area contributed by atoms with E-state index in [0.29, 0.717) is 11.5 Å². The maximum atomic E-state index is 14.1. The number of aromatic nitrogens is 4. The molecular formula is C18H13F2N5O2. The zero-order valence-corrected chi connectivity index (χ0v) is 14.0. The third kappa shape index (κ3) is 2.99. The molecule has 1 amide bonds.